The molecule has 16 heavy (non-hydrogen) atoms. The minimum Gasteiger partial charge on any atom is -0.390 e. The maximum Gasteiger partial charge on any atom is 0.178 e. The normalized spacial score (nSPS) is 10.4. The maximum absolute atomic E-state index is 9.06. The van der Waals surface area contributed by atoms with Gasteiger partial charge in [0.25, 0.3) is 0 Å². The third-order valence-corrected chi connectivity index (χ3v) is 2.49. The van der Waals surface area contributed by atoms with Crippen LogP contribution in [0.2, 0.25) is 0 Å². The summed E-state index contributed by atoms with van der Waals surface area (Å²) in [6.45, 7) is 1.77. The number of rotatable bonds is 2. The van der Waals surface area contributed by atoms with E-state index in [1.165, 1.54) is 0 Å². The van der Waals surface area contributed by atoms with Gasteiger partial charge in [0.15, 0.2) is 5.82 Å². The van der Waals surface area contributed by atoms with E-state index in [1.54, 1.807) is 12.3 Å². The van der Waals surface area contributed by atoms with Crippen molar-refractivity contribution in [1.82, 2.24) is 15.0 Å². The van der Waals surface area contributed by atoms with Crippen LogP contribution in [-0.4, -0.2) is 20.1 Å². The van der Waals surface area contributed by atoms with Gasteiger partial charge >= 0.3 is 0 Å². The smallest absolute Gasteiger partial charge is 0.178 e. The molecule has 0 saturated carbocycles. The van der Waals surface area contributed by atoms with Crippen LogP contribution in [0.3, 0.4) is 0 Å². The molecule has 2 aromatic rings. The molecule has 0 unspecified atom stereocenters. The molecular weight excluding hydrogens is 270 g/mol. The number of hydrogen-bond acceptors (Lipinski definition) is 4. The van der Waals surface area contributed by atoms with E-state index in [-0.39, 0.29) is 6.61 Å². The Morgan fingerprint density at radius 2 is 2.12 bits per heavy atom. The summed E-state index contributed by atoms with van der Waals surface area (Å²) in [7, 11) is 0. The molecule has 0 aromatic carbocycles. The summed E-state index contributed by atoms with van der Waals surface area (Å²) in [6, 6.07) is 5.47. The maximum atomic E-state index is 9.06. The van der Waals surface area contributed by atoms with Crippen molar-refractivity contribution in [2.45, 2.75) is 13.5 Å². The standard InChI is InChI=1S/C11H10BrN3O/c1-7-4-9(6-16)15-11(14-7)10-3-2-8(12)5-13-10/h2-5,16H,6H2,1H3. The highest BCUT2D eigenvalue weighted by atomic mass is 79.9. The highest BCUT2D eigenvalue weighted by Crippen LogP contribution is 2.16. The van der Waals surface area contributed by atoms with Gasteiger partial charge in [0.05, 0.1) is 12.3 Å². The molecule has 0 aliphatic rings. The van der Waals surface area contributed by atoms with Gasteiger partial charge in [0.2, 0.25) is 0 Å². The van der Waals surface area contributed by atoms with Crippen molar-refractivity contribution in [2.75, 3.05) is 0 Å². The van der Waals surface area contributed by atoms with Crippen LogP contribution in [0.1, 0.15) is 11.4 Å². The van der Waals surface area contributed by atoms with Crippen molar-refractivity contribution in [1.29, 1.82) is 0 Å². The first-order valence-corrected chi connectivity index (χ1v) is 5.55. The average molecular weight is 280 g/mol. The lowest BCUT2D eigenvalue weighted by Crippen LogP contribution is -1.98. The predicted molar refractivity (Wildman–Crippen MR) is 63.6 cm³/mol. The van der Waals surface area contributed by atoms with Gasteiger partial charge in [0, 0.05) is 16.4 Å². The van der Waals surface area contributed by atoms with Gasteiger partial charge in [-0.3, -0.25) is 4.98 Å². The largest absolute Gasteiger partial charge is 0.390 e. The molecule has 2 heterocycles. The second-order valence-electron chi connectivity index (χ2n) is 3.34. The van der Waals surface area contributed by atoms with E-state index in [1.807, 2.05) is 19.1 Å². The fourth-order valence-electron chi connectivity index (χ4n) is 1.34. The van der Waals surface area contributed by atoms with Gasteiger partial charge in [-0.2, -0.15) is 0 Å². The summed E-state index contributed by atoms with van der Waals surface area (Å²) in [5, 5.41) is 9.06. The number of aliphatic hydroxyl groups excluding tert-OH is 1. The zero-order valence-corrected chi connectivity index (χ0v) is 10.3. The van der Waals surface area contributed by atoms with Crippen LogP contribution in [0.5, 0.6) is 0 Å². The molecule has 0 saturated heterocycles. The molecular formula is C11H10BrN3O. The Balaban J connectivity index is 2.47. The lowest BCUT2D eigenvalue weighted by molar-refractivity contribution is 0.276. The van der Waals surface area contributed by atoms with Crippen LogP contribution in [0.25, 0.3) is 11.5 Å². The molecule has 0 fully saturated rings. The predicted octanol–water partition coefficient (Wildman–Crippen LogP) is 2.10. The SMILES string of the molecule is Cc1cc(CO)nc(-c2ccc(Br)cn2)n1. The molecule has 0 bridgehead atoms. The van der Waals surface area contributed by atoms with Gasteiger partial charge in [0.1, 0.15) is 5.69 Å². The second kappa shape index (κ2) is 4.67. The molecule has 4 nitrogen and oxygen atoms in total. The van der Waals surface area contributed by atoms with Gasteiger partial charge in [-0.25, -0.2) is 9.97 Å². The van der Waals surface area contributed by atoms with Crippen LogP contribution >= 0.6 is 15.9 Å². The van der Waals surface area contributed by atoms with Crippen molar-refractivity contribution in [3.63, 3.8) is 0 Å². The Morgan fingerprint density at radius 1 is 1.31 bits per heavy atom. The number of aryl methyl sites for hydroxylation is 1. The Morgan fingerprint density at radius 3 is 2.75 bits per heavy atom. The summed E-state index contributed by atoms with van der Waals surface area (Å²) >= 11 is 3.32. The Labute approximate surface area is 102 Å². The van der Waals surface area contributed by atoms with Crippen molar-refractivity contribution < 1.29 is 5.11 Å². The molecule has 0 aliphatic heterocycles. The van der Waals surface area contributed by atoms with Gasteiger partial charge in [-0.05, 0) is 41.1 Å². The Kier molecular flexibility index (Phi) is 3.26. The van der Waals surface area contributed by atoms with Crippen LogP contribution in [0.4, 0.5) is 0 Å². The molecule has 0 spiro atoms. The van der Waals surface area contributed by atoms with E-state index < -0.39 is 0 Å². The fraction of sp³-hybridized carbons (Fsp3) is 0.182. The number of pyridine rings is 1. The highest BCUT2D eigenvalue weighted by Gasteiger charge is 2.05. The summed E-state index contributed by atoms with van der Waals surface area (Å²) in [5.74, 6) is 0.538. The summed E-state index contributed by atoms with van der Waals surface area (Å²) in [5.41, 5.74) is 2.12. The number of hydrogen-bond donors (Lipinski definition) is 1. The monoisotopic (exact) mass is 279 g/mol. The molecule has 0 amide bonds. The van der Waals surface area contributed by atoms with E-state index in [9.17, 15) is 0 Å². The van der Waals surface area contributed by atoms with E-state index in [0.717, 1.165) is 10.2 Å². The zero-order valence-electron chi connectivity index (χ0n) is 8.68. The number of aliphatic hydroxyl groups is 1. The highest BCUT2D eigenvalue weighted by molar-refractivity contribution is 9.10. The molecule has 1 N–H and O–H groups in total. The lowest BCUT2D eigenvalue weighted by Gasteiger charge is -2.03. The number of nitrogens with zero attached hydrogens (tertiary/aromatic N) is 3. The van der Waals surface area contributed by atoms with Crippen molar-refractivity contribution >= 4 is 15.9 Å². The van der Waals surface area contributed by atoms with E-state index in [0.29, 0.717) is 17.2 Å². The van der Waals surface area contributed by atoms with Gasteiger partial charge < -0.3 is 5.11 Å². The first kappa shape index (κ1) is 11.2. The Bertz CT molecular complexity index is 499. The molecule has 5 heteroatoms. The average Bonchev–Trinajstić information content (AvgIpc) is 2.29. The quantitative estimate of drug-likeness (QED) is 0.915. The minimum atomic E-state index is -0.0904. The number of halogens is 1. The van der Waals surface area contributed by atoms with E-state index in [2.05, 4.69) is 30.9 Å². The summed E-state index contributed by atoms with van der Waals surface area (Å²) < 4.78 is 0.909. The molecule has 0 radical (unpaired) electrons. The molecule has 2 aromatic heterocycles. The minimum absolute atomic E-state index is 0.0904. The third kappa shape index (κ3) is 2.43. The third-order valence-electron chi connectivity index (χ3n) is 2.03. The van der Waals surface area contributed by atoms with Crippen molar-refractivity contribution in [2.24, 2.45) is 0 Å². The van der Waals surface area contributed by atoms with E-state index >= 15 is 0 Å². The molecule has 82 valence electrons. The number of aromatic nitrogens is 3. The van der Waals surface area contributed by atoms with Crippen molar-refractivity contribution in [3.05, 3.63) is 40.3 Å². The van der Waals surface area contributed by atoms with Crippen LogP contribution in [0, 0.1) is 6.92 Å². The van der Waals surface area contributed by atoms with Crippen LogP contribution in [-0.2, 0) is 6.61 Å². The lowest BCUT2D eigenvalue weighted by atomic mass is 10.3. The Hall–Kier alpha value is -1.33. The first-order chi connectivity index (χ1) is 7.69. The molecule has 0 atom stereocenters. The first-order valence-electron chi connectivity index (χ1n) is 4.76. The fourth-order valence-corrected chi connectivity index (χ4v) is 1.57. The summed E-state index contributed by atoms with van der Waals surface area (Å²) in [6.07, 6.45) is 1.69. The molecule has 2 rings (SSSR count). The topological polar surface area (TPSA) is 58.9 Å². The van der Waals surface area contributed by atoms with Crippen LogP contribution in [0.15, 0.2) is 28.9 Å². The molecule has 0 aliphatic carbocycles. The van der Waals surface area contributed by atoms with Crippen molar-refractivity contribution in [3.8, 4) is 11.5 Å². The summed E-state index contributed by atoms with van der Waals surface area (Å²) in [4.78, 5) is 12.7. The van der Waals surface area contributed by atoms with E-state index in [4.69, 9.17) is 5.11 Å². The second-order valence-corrected chi connectivity index (χ2v) is 4.26. The zero-order chi connectivity index (χ0) is 11.5. The van der Waals surface area contributed by atoms with Crippen LogP contribution < -0.4 is 0 Å². The van der Waals surface area contributed by atoms with Gasteiger partial charge in [-0.1, -0.05) is 0 Å². The van der Waals surface area contributed by atoms with Gasteiger partial charge in [-0.15, -0.1) is 0 Å².